The molecule has 0 bridgehead atoms. The zero-order chi connectivity index (χ0) is 16.8. The van der Waals surface area contributed by atoms with Gasteiger partial charge in [0.25, 0.3) is 0 Å². The Hall–Kier alpha value is -3.08. The Morgan fingerprint density at radius 1 is 1.08 bits per heavy atom. The van der Waals surface area contributed by atoms with Crippen LogP contribution in [0, 0.1) is 6.92 Å². The van der Waals surface area contributed by atoms with E-state index in [0.29, 0.717) is 5.69 Å². The topological polar surface area (TPSA) is 59.5 Å². The van der Waals surface area contributed by atoms with E-state index in [4.69, 9.17) is 4.98 Å². The van der Waals surface area contributed by atoms with Gasteiger partial charge in [-0.05, 0) is 19.1 Å². The third-order valence-electron chi connectivity index (χ3n) is 4.38. The highest BCUT2D eigenvalue weighted by molar-refractivity contribution is 5.85. The molecule has 120 valence electrons. The molecule has 24 heavy (non-hydrogen) atoms. The zero-order valence-corrected chi connectivity index (χ0v) is 13.5. The van der Waals surface area contributed by atoms with Gasteiger partial charge in [0.05, 0.1) is 28.8 Å². The summed E-state index contributed by atoms with van der Waals surface area (Å²) in [6, 6.07) is 15.9. The Bertz CT molecular complexity index is 1070. The van der Waals surface area contributed by atoms with Crippen LogP contribution in [-0.4, -0.2) is 25.0 Å². The second kappa shape index (κ2) is 5.23. The van der Waals surface area contributed by atoms with Crippen LogP contribution >= 0.6 is 0 Å². The average molecular weight is 319 g/mol. The van der Waals surface area contributed by atoms with Crippen LogP contribution in [-0.2, 0) is 18.3 Å². The van der Waals surface area contributed by atoms with E-state index < -0.39 is 5.97 Å². The van der Waals surface area contributed by atoms with Crippen molar-refractivity contribution >= 4 is 22.8 Å². The van der Waals surface area contributed by atoms with Crippen molar-refractivity contribution in [3.05, 3.63) is 59.8 Å². The fraction of sp³-hybridized carbons (Fsp3) is 0.158. The van der Waals surface area contributed by atoms with Crippen LogP contribution in [0.3, 0.4) is 0 Å². The molecule has 0 aliphatic rings. The lowest BCUT2D eigenvalue weighted by Gasteiger charge is -2.04. The summed E-state index contributed by atoms with van der Waals surface area (Å²) in [4.78, 5) is 16.2. The third-order valence-corrected chi connectivity index (χ3v) is 4.38. The highest BCUT2D eigenvalue weighted by Gasteiger charge is 2.21. The van der Waals surface area contributed by atoms with E-state index in [-0.39, 0.29) is 6.42 Å². The first kappa shape index (κ1) is 14.5. The number of fused-ring (bicyclic) bond motifs is 3. The average Bonchev–Trinajstić information content (AvgIpc) is 3.05. The van der Waals surface area contributed by atoms with Crippen molar-refractivity contribution in [2.24, 2.45) is 7.05 Å². The normalized spacial score (nSPS) is 11.4. The van der Waals surface area contributed by atoms with E-state index in [9.17, 15) is 9.90 Å². The first-order valence-corrected chi connectivity index (χ1v) is 7.80. The van der Waals surface area contributed by atoms with Crippen LogP contribution in [0.15, 0.2) is 48.5 Å². The van der Waals surface area contributed by atoms with Gasteiger partial charge in [-0.25, -0.2) is 4.98 Å². The Morgan fingerprint density at radius 3 is 2.42 bits per heavy atom. The van der Waals surface area contributed by atoms with E-state index in [1.165, 1.54) is 0 Å². The van der Waals surface area contributed by atoms with Crippen LogP contribution in [0.2, 0.25) is 0 Å². The van der Waals surface area contributed by atoms with Crippen molar-refractivity contribution < 1.29 is 9.90 Å². The molecule has 2 aromatic carbocycles. The lowest BCUT2D eigenvalue weighted by molar-refractivity contribution is -0.136. The van der Waals surface area contributed by atoms with Gasteiger partial charge in [-0.2, -0.15) is 0 Å². The molecule has 0 radical (unpaired) electrons. The van der Waals surface area contributed by atoms with Gasteiger partial charge in [-0.15, -0.1) is 0 Å². The van der Waals surface area contributed by atoms with Gasteiger partial charge in [-0.1, -0.05) is 42.0 Å². The van der Waals surface area contributed by atoms with Crippen LogP contribution in [0.1, 0.15) is 11.3 Å². The molecule has 1 N–H and O–H groups in total. The molecule has 5 nitrogen and oxygen atoms in total. The molecular weight excluding hydrogens is 302 g/mol. The number of para-hydroxylation sites is 2. The standard InChI is InChI=1S/C19H17N3O2/c1-12-7-9-13(10-8-12)18-16(11-17(23)24)22-15-6-4-3-5-14(15)21(2)19(22)20-18/h3-10H,11H2,1-2H3,(H,23,24). The predicted octanol–water partition coefficient (Wildman–Crippen LogP) is 3.43. The fourth-order valence-corrected chi connectivity index (χ4v) is 3.21. The summed E-state index contributed by atoms with van der Waals surface area (Å²) < 4.78 is 3.96. The number of hydrogen-bond acceptors (Lipinski definition) is 2. The number of benzene rings is 2. The monoisotopic (exact) mass is 319 g/mol. The second-order valence-corrected chi connectivity index (χ2v) is 6.03. The number of imidazole rings is 2. The predicted molar refractivity (Wildman–Crippen MR) is 93.2 cm³/mol. The van der Waals surface area contributed by atoms with Crippen LogP contribution in [0.4, 0.5) is 0 Å². The minimum absolute atomic E-state index is 0.0710. The molecule has 4 rings (SSSR count). The molecule has 0 fully saturated rings. The number of carboxylic acid groups (broad SMARTS) is 1. The van der Waals surface area contributed by atoms with Gasteiger partial charge in [0, 0.05) is 12.6 Å². The summed E-state index contributed by atoms with van der Waals surface area (Å²) >= 11 is 0. The summed E-state index contributed by atoms with van der Waals surface area (Å²) in [6.45, 7) is 2.03. The Labute approximate surface area is 138 Å². The van der Waals surface area contributed by atoms with Crippen molar-refractivity contribution in [1.82, 2.24) is 14.0 Å². The molecular formula is C19H17N3O2. The van der Waals surface area contributed by atoms with Gasteiger partial charge < -0.3 is 9.67 Å². The molecule has 0 saturated carbocycles. The van der Waals surface area contributed by atoms with Gasteiger partial charge >= 0.3 is 5.97 Å². The summed E-state index contributed by atoms with van der Waals surface area (Å²) in [6.07, 6.45) is -0.0710. The summed E-state index contributed by atoms with van der Waals surface area (Å²) in [7, 11) is 1.95. The maximum atomic E-state index is 11.4. The highest BCUT2D eigenvalue weighted by atomic mass is 16.4. The maximum Gasteiger partial charge on any atom is 0.309 e. The van der Waals surface area contributed by atoms with E-state index in [0.717, 1.165) is 33.6 Å². The number of aliphatic carboxylic acids is 1. The molecule has 2 aromatic heterocycles. The number of carbonyl (C=O) groups is 1. The van der Waals surface area contributed by atoms with Crippen molar-refractivity contribution in [2.75, 3.05) is 0 Å². The van der Waals surface area contributed by atoms with Crippen LogP contribution in [0.5, 0.6) is 0 Å². The van der Waals surface area contributed by atoms with Crippen molar-refractivity contribution in [3.63, 3.8) is 0 Å². The number of nitrogens with zero attached hydrogens (tertiary/aromatic N) is 3. The molecule has 0 spiro atoms. The highest BCUT2D eigenvalue weighted by Crippen LogP contribution is 2.29. The lowest BCUT2D eigenvalue weighted by atomic mass is 10.1. The first-order valence-electron chi connectivity index (χ1n) is 7.80. The Balaban J connectivity index is 2.08. The molecule has 2 heterocycles. The minimum atomic E-state index is -0.863. The molecule has 0 amide bonds. The number of aryl methyl sites for hydroxylation is 2. The molecule has 0 unspecified atom stereocenters. The van der Waals surface area contributed by atoms with Gasteiger partial charge in [0.1, 0.15) is 0 Å². The van der Waals surface area contributed by atoms with E-state index in [1.807, 2.05) is 71.5 Å². The van der Waals surface area contributed by atoms with Gasteiger partial charge in [0.2, 0.25) is 5.78 Å². The SMILES string of the molecule is Cc1ccc(-c2nc3n(C)c4ccccc4n3c2CC(=O)O)cc1. The van der Waals surface area contributed by atoms with Crippen molar-refractivity contribution in [1.29, 1.82) is 0 Å². The smallest absolute Gasteiger partial charge is 0.309 e. The molecule has 0 saturated heterocycles. The second-order valence-electron chi connectivity index (χ2n) is 6.03. The molecule has 5 heteroatoms. The third kappa shape index (κ3) is 2.09. The Kier molecular flexibility index (Phi) is 3.16. The number of carboxylic acids is 1. The summed E-state index contributed by atoms with van der Waals surface area (Å²) in [5.74, 6) is -0.110. The van der Waals surface area contributed by atoms with E-state index in [2.05, 4.69) is 0 Å². The van der Waals surface area contributed by atoms with Crippen molar-refractivity contribution in [3.8, 4) is 11.3 Å². The van der Waals surface area contributed by atoms with E-state index in [1.54, 1.807) is 0 Å². The molecule has 4 aromatic rings. The fourth-order valence-electron chi connectivity index (χ4n) is 3.21. The van der Waals surface area contributed by atoms with Crippen LogP contribution in [0.25, 0.3) is 28.1 Å². The van der Waals surface area contributed by atoms with Crippen molar-refractivity contribution in [2.45, 2.75) is 13.3 Å². The summed E-state index contributed by atoms with van der Waals surface area (Å²) in [5, 5.41) is 9.39. The van der Waals surface area contributed by atoms with Crippen LogP contribution < -0.4 is 0 Å². The first-order chi connectivity index (χ1) is 11.6. The summed E-state index contributed by atoms with van der Waals surface area (Å²) in [5.41, 5.74) is 5.53. The molecule has 0 aliphatic heterocycles. The zero-order valence-electron chi connectivity index (χ0n) is 13.5. The number of hydrogen-bond donors (Lipinski definition) is 1. The minimum Gasteiger partial charge on any atom is -0.481 e. The van der Waals surface area contributed by atoms with E-state index >= 15 is 0 Å². The molecule has 0 aliphatic carbocycles. The van der Waals surface area contributed by atoms with Gasteiger partial charge in [0.15, 0.2) is 0 Å². The molecule has 0 atom stereocenters. The Morgan fingerprint density at radius 2 is 1.75 bits per heavy atom. The lowest BCUT2D eigenvalue weighted by Crippen LogP contribution is -2.04. The number of rotatable bonds is 3. The number of aromatic nitrogens is 3. The van der Waals surface area contributed by atoms with Gasteiger partial charge in [-0.3, -0.25) is 9.20 Å². The quantitative estimate of drug-likeness (QED) is 0.629. The largest absolute Gasteiger partial charge is 0.481 e. The maximum absolute atomic E-state index is 11.4.